The maximum atomic E-state index is 11.8. The lowest BCUT2D eigenvalue weighted by molar-refractivity contribution is -0.116. The molecule has 2 amide bonds. The molecular formula is C15H20N2O2. The monoisotopic (exact) mass is 260 g/mol. The molecular weight excluding hydrogens is 240 g/mol. The molecule has 0 fully saturated rings. The van der Waals surface area contributed by atoms with E-state index in [1.807, 2.05) is 19.1 Å². The Morgan fingerprint density at radius 3 is 2.79 bits per heavy atom. The number of nitrogens with zero attached hydrogens (tertiary/aromatic N) is 1. The van der Waals surface area contributed by atoms with Crippen LogP contribution in [0, 0.1) is 5.92 Å². The molecule has 0 radical (unpaired) electrons. The molecule has 19 heavy (non-hydrogen) atoms. The average Bonchev–Trinajstić information content (AvgIpc) is 2.37. The number of rotatable bonds is 2. The Labute approximate surface area is 113 Å². The van der Waals surface area contributed by atoms with Crippen LogP contribution in [0.25, 0.3) is 0 Å². The van der Waals surface area contributed by atoms with Crippen LogP contribution in [0.1, 0.15) is 36.7 Å². The Hall–Kier alpha value is -1.84. The molecule has 1 aromatic carbocycles. The van der Waals surface area contributed by atoms with E-state index in [1.165, 1.54) is 0 Å². The fraction of sp³-hybridized carbons (Fsp3) is 0.467. The predicted molar refractivity (Wildman–Crippen MR) is 75.3 cm³/mol. The highest BCUT2D eigenvalue weighted by molar-refractivity contribution is 5.97. The summed E-state index contributed by atoms with van der Waals surface area (Å²) in [5.41, 5.74) is 2.69. The standard InChI is InChI=1S/C15H20N2O2/c1-4-16-15(19)12-5-6-14-13(8-12)7-10(2)9-17(14)11(3)18/h5-6,8,10H,4,7,9H2,1-3H3,(H,16,19)/t10-/m1/s1. The van der Waals surface area contributed by atoms with Gasteiger partial charge in [0.05, 0.1) is 0 Å². The summed E-state index contributed by atoms with van der Waals surface area (Å²) in [7, 11) is 0. The zero-order valence-corrected chi connectivity index (χ0v) is 11.7. The third-order valence-electron chi connectivity index (χ3n) is 3.41. The Morgan fingerprint density at radius 1 is 1.42 bits per heavy atom. The van der Waals surface area contributed by atoms with Crippen LogP contribution in [0.3, 0.4) is 0 Å². The number of fused-ring (bicyclic) bond motifs is 1. The summed E-state index contributed by atoms with van der Waals surface area (Å²) in [4.78, 5) is 25.3. The van der Waals surface area contributed by atoms with Gasteiger partial charge in [-0.25, -0.2) is 0 Å². The van der Waals surface area contributed by atoms with Gasteiger partial charge < -0.3 is 10.2 Å². The van der Waals surface area contributed by atoms with Gasteiger partial charge in [0.15, 0.2) is 0 Å². The molecule has 4 nitrogen and oxygen atoms in total. The molecule has 2 rings (SSSR count). The molecule has 0 unspecified atom stereocenters. The first-order chi connectivity index (χ1) is 9.02. The molecule has 0 saturated heterocycles. The molecule has 1 aliphatic rings. The average molecular weight is 260 g/mol. The molecule has 1 N–H and O–H groups in total. The van der Waals surface area contributed by atoms with Gasteiger partial charge in [-0.05, 0) is 43.0 Å². The Kier molecular flexibility index (Phi) is 3.88. The molecule has 1 aromatic rings. The summed E-state index contributed by atoms with van der Waals surface area (Å²) in [6.07, 6.45) is 0.909. The maximum absolute atomic E-state index is 11.8. The number of hydrogen-bond donors (Lipinski definition) is 1. The lowest BCUT2D eigenvalue weighted by Gasteiger charge is -2.32. The second kappa shape index (κ2) is 5.43. The van der Waals surface area contributed by atoms with Gasteiger partial charge in [-0.3, -0.25) is 9.59 Å². The van der Waals surface area contributed by atoms with Crippen molar-refractivity contribution in [3.8, 4) is 0 Å². The van der Waals surface area contributed by atoms with Gasteiger partial charge in [-0.2, -0.15) is 0 Å². The molecule has 102 valence electrons. The third-order valence-corrected chi connectivity index (χ3v) is 3.41. The van der Waals surface area contributed by atoms with Crippen LogP contribution in [0.5, 0.6) is 0 Å². The van der Waals surface area contributed by atoms with E-state index in [9.17, 15) is 9.59 Å². The van der Waals surface area contributed by atoms with Gasteiger partial charge in [0, 0.05) is 31.3 Å². The van der Waals surface area contributed by atoms with Gasteiger partial charge in [0.1, 0.15) is 0 Å². The zero-order chi connectivity index (χ0) is 14.0. The van der Waals surface area contributed by atoms with Crippen molar-refractivity contribution >= 4 is 17.5 Å². The van der Waals surface area contributed by atoms with Gasteiger partial charge in [-0.15, -0.1) is 0 Å². The van der Waals surface area contributed by atoms with Crippen molar-refractivity contribution in [3.05, 3.63) is 29.3 Å². The summed E-state index contributed by atoms with van der Waals surface area (Å²) < 4.78 is 0. The Bertz CT molecular complexity index is 511. The fourth-order valence-corrected chi connectivity index (χ4v) is 2.56. The van der Waals surface area contributed by atoms with Crippen LogP contribution < -0.4 is 10.2 Å². The van der Waals surface area contributed by atoms with Crippen molar-refractivity contribution in [2.45, 2.75) is 27.2 Å². The summed E-state index contributed by atoms with van der Waals surface area (Å²) in [5, 5.41) is 2.79. The summed E-state index contributed by atoms with van der Waals surface area (Å²) in [6.45, 7) is 6.97. The lowest BCUT2D eigenvalue weighted by atomic mass is 9.92. The van der Waals surface area contributed by atoms with Crippen LogP contribution in [0.4, 0.5) is 5.69 Å². The smallest absolute Gasteiger partial charge is 0.251 e. The molecule has 1 atom stereocenters. The molecule has 0 saturated carbocycles. The Morgan fingerprint density at radius 2 is 2.16 bits per heavy atom. The number of carbonyl (C=O) groups excluding carboxylic acids is 2. The number of amides is 2. The molecule has 4 heteroatoms. The number of carbonyl (C=O) groups is 2. The van der Waals surface area contributed by atoms with Gasteiger partial charge >= 0.3 is 0 Å². The number of benzene rings is 1. The highest BCUT2D eigenvalue weighted by atomic mass is 16.2. The van der Waals surface area contributed by atoms with Crippen LogP contribution in [-0.2, 0) is 11.2 Å². The lowest BCUT2D eigenvalue weighted by Crippen LogP contribution is -2.38. The minimum atomic E-state index is -0.0575. The van der Waals surface area contributed by atoms with Gasteiger partial charge in [-0.1, -0.05) is 6.92 Å². The van der Waals surface area contributed by atoms with E-state index in [-0.39, 0.29) is 11.8 Å². The van der Waals surface area contributed by atoms with Crippen LogP contribution in [0.2, 0.25) is 0 Å². The molecule has 0 bridgehead atoms. The topological polar surface area (TPSA) is 49.4 Å². The number of hydrogen-bond acceptors (Lipinski definition) is 2. The van der Waals surface area contributed by atoms with E-state index in [0.29, 0.717) is 18.0 Å². The fourth-order valence-electron chi connectivity index (χ4n) is 2.56. The highest BCUT2D eigenvalue weighted by Gasteiger charge is 2.25. The third kappa shape index (κ3) is 2.78. The molecule has 0 spiro atoms. The second-order valence-electron chi connectivity index (χ2n) is 5.14. The van der Waals surface area contributed by atoms with Crippen LogP contribution in [-0.4, -0.2) is 24.9 Å². The van der Waals surface area contributed by atoms with E-state index in [2.05, 4.69) is 12.2 Å². The van der Waals surface area contributed by atoms with Crippen molar-refractivity contribution in [2.24, 2.45) is 5.92 Å². The summed E-state index contributed by atoms with van der Waals surface area (Å²) >= 11 is 0. The minimum Gasteiger partial charge on any atom is -0.352 e. The largest absolute Gasteiger partial charge is 0.352 e. The van der Waals surface area contributed by atoms with Crippen molar-refractivity contribution in [1.82, 2.24) is 5.32 Å². The van der Waals surface area contributed by atoms with E-state index in [4.69, 9.17) is 0 Å². The molecule has 1 aliphatic heterocycles. The maximum Gasteiger partial charge on any atom is 0.251 e. The number of anilines is 1. The normalized spacial score (nSPS) is 17.8. The van der Waals surface area contributed by atoms with E-state index in [1.54, 1.807) is 17.9 Å². The highest BCUT2D eigenvalue weighted by Crippen LogP contribution is 2.30. The van der Waals surface area contributed by atoms with Gasteiger partial charge in [0.25, 0.3) is 5.91 Å². The van der Waals surface area contributed by atoms with Crippen molar-refractivity contribution < 1.29 is 9.59 Å². The summed E-state index contributed by atoms with van der Waals surface area (Å²) in [5.74, 6) is 0.414. The molecule has 1 heterocycles. The first-order valence-electron chi connectivity index (χ1n) is 6.72. The van der Waals surface area contributed by atoms with Crippen LogP contribution in [0.15, 0.2) is 18.2 Å². The second-order valence-corrected chi connectivity index (χ2v) is 5.14. The first-order valence-corrected chi connectivity index (χ1v) is 6.72. The van der Waals surface area contributed by atoms with E-state index < -0.39 is 0 Å². The first kappa shape index (κ1) is 13.6. The van der Waals surface area contributed by atoms with E-state index >= 15 is 0 Å². The molecule has 0 aromatic heterocycles. The number of nitrogens with one attached hydrogen (secondary N) is 1. The zero-order valence-electron chi connectivity index (χ0n) is 11.7. The Balaban J connectivity index is 2.36. The van der Waals surface area contributed by atoms with Gasteiger partial charge in [0.2, 0.25) is 5.91 Å². The van der Waals surface area contributed by atoms with E-state index in [0.717, 1.165) is 24.2 Å². The van der Waals surface area contributed by atoms with Crippen molar-refractivity contribution in [3.63, 3.8) is 0 Å². The predicted octanol–water partition coefficient (Wildman–Crippen LogP) is 1.98. The van der Waals surface area contributed by atoms with Crippen molar-refractivity contribution in [2.75, 3.05) is 18.0 Å². The SMILES string of the molecule is CCNC(=O)c1ccc2c(c1)C[C@@H](C)CN2C(C)=O. The van der Waals surface area contributed by atoms with Crippen LogP contribution >= 0.6 is 0 Å². The summed E-state index contributed by atoms with van der Waals surface area (Å²) in [6, 6.07) is 5.58. The van der Waals surface area contributed by atoms with Crippen molar-refractivity contribution in [1.29, 1.82) is 0 Å². The molecule has 0 aliphatic carbocycles. The quantitative estimate of drug-likeness (QED) is 0.884. The minimum absolute atomic E-state index is 0.0542.